The van der Waals surface area contributed by atoms with E-state index in [1.807, 2.05) is 36.4 Å². The Hall–Kier alpha value is -1.81. The zero-order chi connectivity index (χ0) is 13.5. The summed E-state index contributed by atoms with van der Waals surface area (Å²) in [4.78, 5) is 13.9. The molecule has 4 heteroatoms. The fraction of sp³-hybridized carbons (Fsp3) is 0.400. The van der Waals surface area contributed by atoms with Crippen molar-refractivity contribution in [3.63, 3.8) is 0 Å². The van der Waals surface area contributed by atoms with E-state index < -0.39 is 0 Å². The minimum Gasteiger partial charge on any atom is -0.488 e. The fourth-order valence-electron chi connectivity index (χ4n) is 2.04. The Kier molecular flexibility index (Phi) is 4.98. The van der Waals surface area contributed by atoms with Crippen LogP contribution in [0.5, 0.6) is 0 Å². The normalized spacial score (nSPS) is 14.5. The molecule has 0 fully saturated rings. The van der Waals surface area contributed by atoms with E-state index in [1.54, 1.807) is 4.90 Å². The SMILES string of the molecule is O=C(C1=CCCCO1)N(CCO)Cc1ccccc1. The van der Waals surface area contributed by atoms with E-state index in [4.69, 9.17) is 9.84 Å². The fourth-order valence-corrected chi connectivity index (χ4v) is 2.04. The molecule has 1 aromatic rings. The van der Waals surface area contributed by atoms with Crippen LogP contribution in [0.1, 0.15) is 18.4 Å². The Morgan fingerprint density at radius 2 is 2.11 bits per heavy atom. The highest BCUT2D eigenvalue weighted by atomic mass is 16.5. The summed E-state index contributed by atoms with van der Waals surface area (Å²) in [7, 11) is 0. The molecule has 0 aromatic heterocycles. The minimum absolute atomic E-state index is 0.0497. The summed E-state index contributed by atoms with van der Waals surface area (Å²) in [5.74, 6) is 0.272. The number of allylic oxidation sites excluding steroid dienone is 1. The van der Waals surface area contributed by atoms with Crippen molar-refractivity contribution in [1.82, 2.24) is 4.90 Å². The summed E-state index contributed by atoms with van der Waals surface area (Å²) in [6, 6.07) is 9.75. The van der Waals surface area contributed by atoms with Crippen LogP contribution in [0.3, 0.4) is 0 Å². The second kappa shape index (κ2) is 6.95. The Morgan fingerprint density at radius 3 is 2.74 bits per heavy atom. The van der Waals surface area contributed by atoms with Crippen molar-refractivity contribution >= 4 is 5.91 Å². The molecule has 0 unspecified atom stereocenters. The van der Waals surface area contributed by atoms with Gasteiger partial charge < -0.3 is 14.7 Å². The molecule has 102 valence electrons. The second-order valence-electron chi connectivity index (χ2n) is 4.49. The van der Waals surface area contributed by atoms with Crippen molar-refractivity contribution in [3.05, 3.63) is 47.7 Å². The van der Waals surface area contributed by atoms with Crippen molar-refractivity contribution in [2.24, 2.45) is 0 Å². The van der Waals surface area contributed by atoms with Crippen molar-refractivity contribution in [1.29, 1.82) is 0 Å². The number of aliphatic hydroxyl groups excluding tert-OH is 1. The summed E-state index contributed by atoms with van der Waals surface area (Å²) in [6.45, 7) is 1.34. The molecule has 19 heavy (non-hydrogen) atoms. The van der Waals surface area contributed by atoms with E-state index in [-0.39, 0.29) is 12.5 Å². The number of hydrogen-bond donors (Lipinski definition) is 1. The van der Waals surface area contributed by atoms with Gasteiger partial charge in [0.15, 0.2) is 5.76 Å². The molecule has 4 nitrogen and oxygen atoms in total. The van der Waals surface area contributed by atoms with Gasteiger partial charge in [0.1, 0.15) is 0 Å². The van der Waals surface area contributed by atoms with Crippen LogP contribution >= 0.6 is 0 Å². The van der Waals surface area contributed by atoms with Crippen molar-refractivity contribution in [2.45, 2.75) is 19.4 Å². The summed E-state index contributed by atoms with van der Waals surface area (Å²) in [5, 5.41) is 9.11. The van der Waals surface area contributed by atoms with Crippen molar-refractivity contribution in [3.8, 4) is 0 Å². The maximum Gasteiger partial charge on any atom is 0.288 e. The van der Waals surface area contributed by atoms with E-state index in [0.29, 0.717) is 25.5 Å². The first-order chi connectivity index (χ1) is 9.31. The first-order valence-corrected chi connectivity index (χ1v) is 6.58. The first-order valence-electron chi connectivity index (χ1n) is 6.58. The molecule has 0 spiro atoms. The maximum absolute atomic E-state index is 12.3. The number of hydrogen-bond acceptors (Lipinski definition) is 3. The number of carbonyl (C=O) groups excluding carboxylic acids is 1. The highest BCUT2D eigenvalue weighted by molar-refractivity contribution is 5.91. The minimum atomic E-state index is -0.141. The predicted molar refractivity (Wildman–Crippen MR) is 72.2 cm³/mol. The van der Waals surface area contributed by atoms with Gasteiger partial charge in [-0.15, -0.1) is 0 Å². The molecular weight excluding hydrogens is 242 g/mol. The van der Waals surface area contributed by atoms with Gasteiger partial charge in [0.05, 0.1) is 13.2 Å². The summed E-state index contributed by atoms with van der Waals surface area (Å²) in [6.07, 6.45) is 3.66. The molecule has 1 aliphatic heterocycles. The monoisotopic (exact) mass is 261 g/mol. The molecule has 1 aromatic carbocycles. The van der Waals surface area contributed by atoms with Gasteiger partial charge in [0, 0.05) is 13.1 Å². The molecule has 1 aliphatic rings. The summed E-state index contributed by atoms with van der Waals surface area (Å²) < 4.78 is 5.39. The molecule has 2 rings (SSSR count). The quantitative estimate of drug-likeness (QED) is 0.877. The smallest absolute Gasteiger partial charge is 0.288 e. The van der Waals surface area contributed by atoms with Crippen LogP contribution in [0, 0.1) is 0 Å². The first kappa shape index (κ1) is 13.6. The highest BCUT2D eigenvalue weighted by Crippen LogP contribution is 2.14. The van der Waals surface area contributed by atoms with E-state index in [0.717, 1.165) is 18.4 Å². The molecule has 0 radical (unpaired) electrons. The van der Waals surface area contributed by atoms with Gasteiger partial charge in [-0.25, -0.2) is 0 Å². The Morgan fingerprint density at radius 1 is 1.32 bits per heavy atom. The Balaban J connectivity index is 2.06. The van der Waals surface area contributed by atoms with Crippen LogP contribution in [0.4, 0.5) is 0 Å². The number of ether oxygens (including phenoxy) is 1. The molecule has 0 atom stereocenters. The van der Waals surface area contributed by atoms with Crippen LogP contribution in [-0.4, -0.2) is 35.7 Å². The number of amides is 1. The molecule has 0 saturated carbocycles. The molecule has 0 saturated heterocycles. The van der Waals surface area contributed by atoms with Gasteiger partial charge in [0.2, 0.25) is 0 Å². The van der Waals surface area contributed by atoms with Gasteiger partial charge in [-0.2, -0.15) is 0 Å². The molecular formula is C15H19NO3. The average molecular weight is 261 g/mol. The van der Waals surface area contributed by atoms with Gasteiger partial charge in [0.25, 0.3) is 5.91 Å². The zero-order valence-corrected chi connectivity index (χ0v) is 10.9. The third-order valence-electron chi connectivity index (χ3n) is 3.02. The lowest BCUT2D eigenvalue weighted by Crippen LogP contribution is -2.35. The second-order valence-corrected chi connectivity index (χ2v) is 4.49. The number of nitrogens with zero attached hydrogens (tertiary/aromatic N) is 1. The number of aliphatic hydroxyl groups is 1. The number of benzene rings is 1. The topological polar surface area (TPSA) is 49.8 Å². The number of rotatable bonds is 5. The summed E-state index contributed by atoms with van der Waals surface area (Å²) in [5.41, 5.74) is 1.04. The highest BCUT2D eigenvalue weighted by Gasteiger charge is 2.20. The lowest BCUT2D eigenvalue weighted by atomic mass is 10.2. The zero-order valence-electron chi connectivity index (χ0n) is 10.9. The largest absolute Gasteiger partial charge is 0.488 e. The van der Waals surface area contributed by atoms with Crippen LogP contribution < -0.4 is 0 Å². The predicted octanol–water partition coefficient (Wildman–Crippen LogP) is 1.70. The Bertz CT molecular complexity index is 442. The lowest BCUT2D eigenvalue weighted by Gasteiger charge is -2.24. The van der Waals surface area contributed by atoms with E-state index in [9.17, 15) is 4.79 Å². The molecule has 1 heterocycles. The lowest BCUT2D eigenvalue weighted by molar-refractivity contribution is -0.132. The molecule has 0 aliphatic carbocycles. The van der Waals surface area contributed by atoms with Crippen LogP contribution in [0.2, 0.25) is 0 Å². The Labute approximate surface area is 113 Å². The average Bonchev–Trinajstić information content (AvgIpc) is 2.48. The standard InChI is InChI=1S/C15H19NO3/c17-10-9-16(12-13-6-2-1-3-7-13)15(18)14-8-4-5-11-19-14/h1-3,6-8,17H,4-5,9-12H2. The van der Waals surface area contributed by atoms with Gasteiger partial charge >= 0.3 is 0 Å². The van der Waals surface area contributed by atoms with E-state index >= 15 is 0 Å². The molecule has 1 N–H and O–H groups in total. The van der Waals surface area contributed by atoms with Crippen LogP contribution in [-0.2, 0) is 16.1 Å². The van der Waals surface area contributed by atoms with E-state index in [1.165, 1.54) is 0 Å². The third kappa shape index (κ3) is 3.83. The van der Waals surface area contributed by atoms with Crippen LogP contribution in [0.25, 0.3) is 0 Å². The number of carbonyl (C=O) groups is 1. The van der Waals surface area contributed by atoms with Gasteiger partial charge in [-0.1, -0.05) is 30.3 Å². The molecule has 1 amide bonds. The van der Waals surface area contributed by atoms with Crippen molar-refractivity contribution < 1.29 is 14.6 Å². The van der Waals surface area contributed by atoms with E-state index in [2.05, 4.69) is 0 Å². The summed E-state index contributed by atoms with van der Waals surface area (Å²) >= 11 is 0. The van der Waals surface area contributed by atoms with Gasteiger partial charge in [-0.05, 0) is 24.5 Å². The maximum atomic E-state index is 12.3. The van der Waals surface area contributed by atoms with Crippen LogP contribution in [0.15, 0.2) is 42.2 Å². The third-order valence-corrected chi connectivity index (χ3v) is 3.02. The van der Waals surface area contributed by atoms with Crippen molar-refractivity contribution in [2.75, 3.05) is 19.8 Å². The van der Waals surface area contributed by atoms with Gasteiger partial charge in [-0.3, -0.25) is 4.79 Å². The molecule has 0 bridgehead atoms.